The number of carboxylic acid groups (broad SMARTS) is 1. The zero-order valence-corrected chi connectivity index (χ0v) is 27.7. The maximum atomic E-state index is 11.8. The molecular weight excluding hydrogens is 548 g/mol. The molecule has 0 rings (SSSR count). The van der Waals surface area contributed by atoms with Crippen LogP contribution in [-0.4, -0.2) is 66.1 Å². The maximum absolute atomic E-state index is 11.8. The number of hydrogen-bond donors (Lipinski definition) is 3. The summed E-state index contributed by atoms with van der Waals surface area (Å²) in [5.41, 5.74) is 0. The van der Waals surface area contributed by atoms with E-state index in [1.807, 2.05) is 6.92 Å². The summed E-state index contributed by atoms with van der Waals surface area (Å²) in [5.74, 6) is -0.719. The van der Waals surface area contributed by atoms with Crippen molar-refractivity contribution in [1.29, 1.82) is 0 Å². The normalized spacial score (nSPS) is 10.1. The van der Waals surface area contributed by atoms with Crippen LogP contribution in [0.2, 0.25) is 0 Å². The minimum absolute atomic E-state index is 0. The van der Waals surface area contributed by atoms with Crippen molar-refractivity contribution in [2.75, 3.05) is 33.0 Å². The number of carbonyl (C=O) groups excluding carboxylic acids is 2. The van der Waals surface area contributed by atoms with Crippen LogP contribution < -0.4 is 0 Å². The van der Waals surface area contributed by atoms with Crippen LogP contribution in [0.25, 0.3) is 0 Å². The van der Waals surface area contributed by atoms with E-state index in [0.29, 0.717) is 25.9 Å². The Labute approximate surface area is 265 Å². The number of carboxylic acids is 1. The highest BCUT2D eigenvalue weighted by Crippen LogP contribution is 2.14. The van der Waals surface area contributed by atoms with Crippen LogP contribution in [0.5, 0.6) is 0 Å². The predicted octanol–water partition coefficient (Wildman–Crippen LogP) is 8.83. The molecule has 0 radical (unpaired) electrons. The minimum Gasteiger partial charge on any atom is -0.481 e. The van der Waals surface area contributed by atoms with Gasteiger partial charge in [-0.25, -0.2) is 0 Å². The van der Waals surface area contributed by atoms with Crippen molar-refractivity contribution in [2.45, 2.75) is 176 Å². The third-order valence-electron chi connectivity index (χ3n) is 6.61. The van der Waals surface area contributed by atoms with E-state index in [2.05, 4.69) is 13.8 Å². The molecule has 0 aromatic rings. The molecule has 0 saturated carbocycles. The predicted molar refractivity (Wildman–Crippen MR) is 179 cm³/mol. The van der Waals surface area contributed by atoms with Crippen molar-refractivity contribution in [2.24, 2.45) is 0 Å². The van der Waals surface area contributed by atoms with Crippen molar-refractivity contribution < 1.29 is 39.2 Å². The summed E-state index contributed by atoms with van der Waals surface area (Å²) in [5, 5.41) is 23.2. The minimum atomic E-state index is -0.711. The van der Waals surface area contributed by atoms with Crippen LogP contribution >= 0.6 is 0 Å². The van der Waals surface area contributed by atoms with Crippen LogP contribution in [0, 0.1) is 0 Å². The SMILES string of the molecule is C.CCCC(=O)O.CCCCCCCCCCCCCCCCCCC(=O)COCCOC(=O)CCCCC.OCCO. The van der Waals surface area contributed by atoms with Crippen LogP contribution in [0.15, 0.2) is 0 Å². The third kappa shape index (κ3) is 53.5. The van der Waals surface area contributed by atoms with Gasteiger partial charge in [0.15, 0.2) is 5.78 Å². The summed E-state index contributed by atoms with van der Waals surface area (Å²) in [4.78, 5) is 32.9. The first-order valence-electron chi connectivity index (χ1n) is 17.1. The first-order chi connectivity index (χ1) is 20.4. The maximum Gasteiger partial charge on any atom is 0.305 e. The fourth-order valence-corrected chi connectivity index (χ4v) is 4.15. The molecule has 8 nitrogen and oxygen atoms in total. The molecule has 0 aromatic heterocycles. The topological polar surface area (TPSA) is 130 Å². The van der Waals surface area contributed by atoms with Crippen molar-refractivity contribution in [1.82, 2.24) is 0 Å². The van der Waals surface area contributed by atoms with Crippen molar-refractivity contribution in [3.63, 3.8) is 0 Å². The lowest BCUT2D eigenvalue weighted by Gasteiger charge is -2.06. The molecule has 0 atom stereocenters. The summed E-state index contributed by atoms with van der Waals surface area (Å²) in [7, 11) is 0. The van der Waals surface area contributed by atoms with E-state index in [4.69, 9.17) is 24.8 Å². The molecule has 43 heavy (non-hydrogen) atoms. The number of ether oxygens (including phenoxy) is 2. The van der Waals surface area contributed by atoms with Gasteiger partial charge in [0.1, 0.15) is 13.2 Å². The van der Waals surface area contributed by atoms with E-state index in [-0.39, 0.29) is 45.6 Å². The molecule has 0 aromatic carbocycles. The van der Waals surface area contributed by atoms with Gasteiger partial charge in [-0.15, -0.1) is 0 Å². The first-order valence-corrected chi connectivity index (χ1v) is 17.1. The van der Waals surface area contributed by atoms with Crippen molar-refractivity contribution in [3.8, 4) is 0 Å². The molecule has 8 heteroatoms. The average molecular weight is 621 g/mol. The Morgan fingerprint density at radius 2 is 0.907 bits per heavy atom. The smallest absolute Gasteiger partial charge is 0.305 e. The highest BCUT2D eigenvalue weighted by Gasteiger charge is 2.04. The standard InChI is InChI=1S/C28H54O4.C4H8O2.C2H6O2.CH4/c1-3-5-7-8-9-10-11-12-13-14-15-16-17-18-19-21-22-27(29)26-31-24-25-32-28(30)23-20-6-4-2;1-2-3-4(5)6;3-1-2-4;/h3-26H2,1-2H3;2-3H2,1H3,(H,5,6);3-4H,1-2H2;1H4. The Morgan fingerprint density at radius 3 is 1.28 bits per heavy atom. The molecule has 0 amide bonds. The zero-order chi connectivity index (χ0) is 31.9. The zero-order valence-electron chi connectivity index (χ0n) is 27.7. The Balaban J connectivity index is -0.000000591. The monoisotopic (exact) mass is 621 g/mol. The van der Waals surface area contributed by atoms with E-state index in [0.717, 1.165) is 38.5 Å². The number of aliphatic hydroxyl groups excluding tert-OH is 2. The number of esters is 1. The Morgan fingerprint density at radius 1 is 0.512 bits per heavy atom. The summed E-state index contributed by atoms with van der Waals surface area (Å²) in [6.07, 6.45) is 26.6. The van der Waals surface area contributed by atoms with Gasteiger partial charge in [-0.2, -0.15) is 0 Å². The summed E-state index contributed by atoms with van der Waals surface area (Å²) in [6, 6.07) is 0. The first kappa shape index (κ1) is 48.4. The number of unbranched alkanes of at least 4 members (excludes halogenated alkanes) is 17. The fourth-order valence-electron chi connectivity index (χ4n) is 4.15. The van der Waals surface area contributed by atoms with Gasteiger partial charge in [0.25, 0.3) is 0 Å². The van der Waals surface area contributed by atoms with Gasteiger partial charge in [0.05, 0.1) is 19.8 Å². The van der Waals surface area contributed by atoms with Gasteiger partial charge >= 0.3 is 11.9 Å². The van der Waals surface area contributed by atoms with Gasteiger partial charge in [-0.05, 0) is 19.3 Å². The molecule has 0 bridgehead atoms. The van der Waals surface area contributed by atoms with Crippen LogP contribution in [0.1, 0.15) is 176 Å². The number of aliphatic hydroxyl groups is 2. The fraction of sp³-hybridized carbons (Fsp3) is 0.914. The lowest BCUT2D eigenvalue weighted by Crippen LogP contribution is -2.14. The summed E-state index contributed by atoms with van der Waals surface area (Å²) < 4.78 is 10.4. The van der Waals surface area contributed by atoms with Crippen molar-refractivity contribution >= 4 is 17.7 Å². The molecular formula is C35H72O8. The molecule has 0 aliphatic heterocycles. The number of ketones is 1. The third-order valence-corrected chi connectivity index (χ3v) is 6.61. The highest BCUT2D eigenvalue weighted by atomic mass is 16.6. The number of rotatable bonds is 29. The van der Waals surface area contributed by atoms with Gasteiger partial charge in [0, 0.05) is 19.3 Å². The van der Waals surface area contributed by atoms with E-state index in [9.17, 15) is 14.4 Å². The van der Waals surface area contributed by atoms with Gasteiger partial charge in [-0.1, -0.05) is 137 Å². The number of carbonyl (C=O) groups is 3. The Kier molecular flexibility index (Phi) is 50.6. The Bertz CT molecular complexity index is 552. The molecule has 0 aliphatic carbocycles. The largest absolute Gasteiger partial charge is 0.481 e. The number of hydrogen-bond acceptors (Lipinski definition) is 7. The molecule has 0 heterocycles. The summed E-state index contributed by atoms with van der Waals surface area (Å²) >= 11 is 0. The second-order valence-corrected chi connectivity index (χ2v) is 10.9. The van der Waals surface area contributed by atoms with Crippen molar-refractivity contribution in [3.05, 3.63) is 0 Å². The molecule has 0 aliphatic rings. The molecule has 0 spiro atoms. The second kappa shape index (κ2) is 44.9. The van der Waals surface area contributed by atoms with Gasteiger partial charge in [0.2, 0.25) is 0 Å². The Hall–Kier alpha value is -1.51. The van der Waals surface area contributed by atoms with E-state index in [1.165, 1.54) is 89.9 Å². The molecule has 0 saturated heterocycles. The van der Waals surface area contributed by atoms with Gasteiger partial charge in [-0.3, -0.25) is 14.4 Å². The molecule has 0 fully saturated rings. The highest BCUT2D eigenvalue weighted by molar-refractivity contribution is 5.79. The quantitative estimate of drug-likeness (QED) is 0.0558. The lowest BCUT2D eigenvalue weighted by molar-refractivity contribution is -0.145. The molecule has 260 valence electrons. The lowest BCUT2D eigenvalue weighted by atomic mass is 10.0. The average Bonchev–Trinajstić information content (AvgIpc) is 2.97. The van der Waals surface area contributed by atoms with E-state index >= 15 is 0 Å². The number of aliphatic carboxylic acids is 1. The van der Waals surface area contributed by atoms with Crippen LogP contribution in [0.4, 0.5) is 0 Å². The molecule has 0 unspecified atom stereocenters. The molecule has 3 N–H and O–H groups in total. The van der Waals surface area contributed by atoms with Gasteiger partial charge < -0.3 is 24.8 Å². The van der Waals surface area contributed by atoms with Crippen LogP contribution in [-0.2, 0) is 23.9 Å². The van der Waals surface area contributed by atoms with E-state index < -0.39 is 5.97 Å². The van der Waals surface area contributed by atoms with Crippen LogP contribution in [0.3, 0.4) is 0 Å². The number of Topliss-reactive ketones (excluding diaryl/α,β-unsaturated/α-hetero) is 1. The van der Waals surface area contributed by atoms with E-state index in [1.54, 1.807) is 0 Å². The second-order valence-electron chi connectivity index (χ2n) is 10.9. The summed E-state index contributed by atoms with van der Waals surface area (Å²) in [6.45, 7) is 6.68.